The second kappa shape index (κ2) is 10.9. The first-order chi connectivity index (χ1) is 12.2. The van der Waals surface area contributed by atoms with Gasteiger partial charge >= 0.3 is 0 Å². The average Bonchev–Trinajstić information content (AvgIpc) is 3.15. The van der Waals surface area contributed by atoms with Gasteiger partial charge in [-0.1, -0.05) is 18.2 Å². The Morgan fingerprint density at radius 3 is 2.96 bits per heavy atom. The van der Waals surface area contributed by atoms with Crippen LogP contribution in [-0.4, -0.2) is 65.0 Å². The van der Waals surface area contributed by atoms with Gasteiger partial charge in [-0.15, -0.1) is 0 Å². The smallest absolute Gasteiger partial charge is 0.193 e. The minimum atomic E-state index is 0.577. The quantitative estimate of drug-likeness (QED) is 0.421. The fourth-order valence-corrected chi connectivity index (χ4v) is 2.89. The molecule has 1 heterocycles. The number of aliphatic imine (C=N–C) groups is 1. The van der Waals surface area contributed by atoms with Gasteiger partial charge in [0.1, 0.15) is 5.75 Å². The van der Waals surface area contributed by atoms with E-state index in [1.807, 2.05) is 25.2 Å². The summed E-state index contributed by atoms with van der Waals surface area (Å²) in [6, 6.07) is 8.05. The van der Waals surface area contributed by atoms with Gasteiger partial charge in [0, 0.05) is 51.9 Å². The monoisotopic (exact) mass is 349 g/mol. The summed E-state index contributed by atoms with van der Waals surface area (Å²) in [5, 5.41) is 3.39. The van der Waals surface area contributed by atoms with Crippen LogP contribution in [-0.2, 0) is 16.0 Å². The molecule has 0 amide bonds. The van der Waals surface area contributed by atoms with Crippen molar-refractivity contribution in [1.82, 2.24) is 10.2 Å². The van der Waals surface area contributed by atoms with Gasteiger partial charge in [-0.2, -0.15) is 0 Å². The predicted octanol–water partition coefficient (Wildman–Crippen LogP) is 2.15. The second-order valence-corrected chi connectivity index (χ2v) is 6.30. The van der Waals surface area contributed by atoms with E-state index in [1.54, 1.807) is 14.2 Å². The number of guanidine groups is 1. The highest BCUT2D eigenvalue weighted by atomic mass is 16.5. The summed E-state index contributed by atoms with van der Waals surface area (Å²) < 4.78 is 16.5. The first-order valence-electron chi connectivity index (χ1n) is 8.93. The first kappa shape index (κ1) is 19.5. The Morgan fingerprint density at radius 1 is 1.40 bits per heavy atom. The maximum atomic E-state index is 5.73. The van der Waals surface area contributed by atoms with Crippen LogP contribution in [0.2, 0.25) is 0 Å². The molecule has 1 aliphatic heterocycles. The Hall–Kier alpha value is -1.79. The molecule has 0 spiro atoms. The fourth-order valence-electron chi connectivity index (χ4n) is 2.89. The molecule has 0 radical (unpaired) electrons. The third kappa shape index (κ3) is 6.55. The van der Waals surface area contributed by atoms with Gasteiger partial charge in [-0.25, -0.2) is 0 Å². The molecule has 6 nitrogen and oxygen atoms in total. The molecular formula is C19H31N3O3. The zero-order chi connectivity index (χ0) is 17.9. The molecule has 1 aromatic carbocycles. The van der Waals surface area contributed by atoms with Crippen molar-refractivity contribution in [2.45, 2.75) is 19.4 Å². The van der Waals surface area contributed by atoms with Crippen molar-refractivity contribution in [3.63, 3.8) is 0 Å². The van der Waals surface area contributed by atoms with Crippen LogP contribution >= 0.6 is 0 Å². The van der Waals surface area contributed by atoms with Gasteiger partial charge in [0.15, 0.2) is 5.96 Å². The minimum Gasteiger partial charge on any atom is -0.496 e. The Balaban J connectivity index is 1.66. The van der Waals surface area contributed by atoms with Crippen LogP contribution in [0.4, 0.5) is 0 Å². The first-order valence-corrected chi connectivity index (χ1v) is 8.93. The Morgan fingerprint density at radius 2 is 2.24 bits per heavy atom. The van der Waals surface area contributed by atoms with Crippen LogP contribution in [0, 0.1) is 5.92 Å². The maximum Gasteiger partial charge on any atom is 0.193 e. The van der Waals surface area contributed by atoms with Crippen molar-refractivity contribution in [2.24, 2.45) is 10.9 Å². The number of benzene rings is 1. The van der Waals surface area contributed by atoms with E-state index in [9.17, 15) is 0 Å². The number of rotatable bonds is 9. The fraction of sp³-hybridized carbons (Fsp3) is 0.632. The van der Waals surface area contributed by atoms with Crippen molar-refractivity contribution in [3.8, 4) is 5.75 Å². The lowest BCUT2D eigenvalue weighted by molar-refractivity contribution is 0.0887. The summed E-state index contributed by atoms with van der Waals surface area (Å²) >= 11 is 0. The Bertz CT molecular complexity index is 530. The van der Waals surface area contributed by atoms with Crippen molar-refractivity contribution < 1.29 is 14.2 Å². The number of nitrogens with zero attached hydrogens (tertiary/aromatic N) is 2. The van der Waals surface area contributed by atoms with Crippen molar-refractivity contribution in [3.05, 3.63) is 29.8 Å². The van der Waals surface area contributed by atoms with Gasteiger partial charge < -0.3 is 24.4 Å². The van der Waals surface area contributed by atoms with Crippen LogP contribution in [0.1, 0.15) is 18.4 Å². The van der Waals surface area contributed by atoms with E-state index in [1.165, 1.54) is 0 Å². The molecule has 0 aliphatic carbocycles. The SMILES string of the molecule is CN=C(NCCCOCC1CCOC1)N(C)Cc1ccccc1OC. The summed E-state index contributed by atoms with van der Waals surface area (Å²) in [6.07, 6.45) is 2.08. The molecule has 2 rings (SSSR count). The summed E-state index contributed by atoms with van der Waals surface area (Å²) in [6.45, 7) is 4.87. The second-order valence-electron chi connectivity index (χ2n) is 6.30. The van der Waals surface area contributed by atoms with Crippen molar-refractivity contribution in [1.29, 1.82) is 0 Å². The highest BCUT2D eigenvalue weighted by molar-refractivity contribution is 5.79. The molecule has 1 N–H and O–H groups in total. The molecule has 1 unspecified atom stereocenters. The van der Waals surface area contributed by atoms with Gasteiger partial charge in [-0.3, -0.25) is 4.99 Å². The average molecular weight is 349 g/mol. The maximum absolute atomic E-state index is 5.73. The largest absolute Gasteiger partial charge is 0.496 e. The molecule has 0 saturated carbocycles. The van der Waals surface area contributed by atoms with E-state index in [2.05, 4.69) is 21.3 Å². The normalized spacial score (nSPS) is 17.6. The molecule has 1 aromatic rings. The molecule has 1 aliphatic rings. The zero-order valence-electron chi connectivity index (χ0n) is 15.7. The van der Waals surface area contributed by atoms with Crippen molar-refractivity contribution >= 4 is 5.96 Å². The topological polar surface area (TPSA) is 55.3 Å². The van der Waals surface area contributed by atoms with E-state index in [0.29, 0.717) is 5.92 Å². The molecular weight excluding hydrogens is 318 g/mol. The lowest BCUT2D eigenvalue weighted by atomic mass is 10.1. The minimum absolute atomic E-state index is 0.577. The Kier molecular flexibility index (Phi) is 8.55. The van der Waals surface area contributed by atoms with Gasteiger partial charge in [0.05, 0.1) is 20.3 Å². The third-order valence-electron chi connectivity index (χ3n) is 4.30. The number of hydrogen-bond donors (Lipinski definition) is 1. The number of nitrogens with one attached hydrogen (secondary N) is 1. The number of para-hydroxylation sites is 1. The van der Waals surface area contributed by atoms with Crippen molar-refractivity contribution in [2.75, 3.05) is 54.2 Å². The lowest BCUT2D eigenvalue weighted by Gasteiger charge is -2.23. The molecule has 140 valence electrons. The lowest BCUT2D eigenvalue weighted by Crippen LogP contribution is -2.39. The van der Waals surface area contributed by atoms with Crippen LogP contribution in [0.3, 0.4) is 0 Å². The summed E-state index contributed by atoms with van der Waals surface area (Å²) in [7, 11) is 5.53. The van der Waals surface area contributed by atoms with Crippen LogP contribution in [0.15, 0.2) is 29.3 Å². The molecule has 1 atom stereocenters. The number of hydrogen-bond acceptors (Lipinski definition) is 4. The van der Waals surface area contributed by atoms with E-state index < -0.39 is 0 Å². The zero-order valence-corrected chi connectivity index (χ0v) is 15.7. The van der Waals surface area contributed by atoms with Crippen LogP contribution in [0.25, 0.3) is 0 Å². The molecule has 25 heavy (non-hydrogen) atoms. The molecule has 1 saturated heterocycles. The molecule has 6 heteroatoms. The van der Waals surface area contributed by atoms with Crippen LogP contribution in [0.5, 0.6) is 5.75 Å². The molecule has 1 fully saturated rings. The summed E-state index contributed by atoms with van der Waals surface area (Å²) in [5.41, 5.74) is 1.14. The van der Waals surface area contributed by atoms with Gasteiger partial charge in [0.2, 0.25) is 0 Å². The predicted molar refractivity (Wildman–Crippen MR) is 100 cm³/mol. The number of ether oxygens (including phenoxy) is 3. The highest BCUT2D eigenvalue weighted by Gasteiger charge is 2.15. The van der Waals surface area contributed by atoms with E-state index in [4.69, 9.17) is 14.2 Å². The van der Waals surface area contributed by atoms with E-state index in [-0.39, 0.29) is 0 Å². The van der Waals surface area contributed by atoms with E-state index in [0.717, 1.165) is 69.6 Å². The summed E-state index contributed by atoms with van der Waals surface area (Å²) in [4.78, 5) is 6.45. The van der Waals surface area contributed by atoms with Crippen LogP contribution < -0.4 is 10.1 Å². The highest BCUT2D eigenvalue weighted by Crippen LogP contribution is 2.18. The standard InChI is InChI=1S/C19H31N3O3/c1-20-19(21-10-6-11-24-14-16-9-12-25-15-16)22(2)13-17-7-4-5-8-18(17)23-3/h4-5,7-8,16H,6,9-15H2,1-3H3,(H,20,21). The van der Waals surface area contributed by atoms with E-state index >= 15 is 0 Å². The van der Waals surface area contributed by atoms with Gasteiger partial charge in [0.25, 0.3) is 0 Å². The molecule has 0 bridgehead atoms. The summed E-state index contributed by atoms with van der Waals surface area (Å²) in [5.74, 6) is 2.34. The van der Waals surface area contributed by atoms with Gasteiger partial charge in [-0.05, 0) is 18.9 Å². The number of methoxy groups -OCH3 is 1. The Labute approximate surface area is 151 Å². The molecule has 0 aromatic heterocycles. The third-order valence-corrected chi connectivity index (χ3v) is 4.30.